The summed E-state index contributed by atoms with van der Waals surface area (Å²) in [5, 5.41) is 3.28. The Kier molecular flexibility index (Phi) is 5.17. The number of sulfonamides is 1. The van der Waals surface area contributed by atoms with E-state index in [1.165, 1.54) is 53.1 Å². The van der Waals surface area contributed by atoms with Gasteiger partial charge in [0.2, 0.25) is 15.9 Å². The van der Waals surface area contributed by atoms with Gasteiger partial charge in [-0.1, -0.05) is 0 Å². The van der Waals surface area contributed by atoms with E-state index < -0.39 is 15.8 Å². The number of nitrogens with one attached hydrogen (secondary N) is 1. The molecule has 1 aromatic heterocycles. The lowest BCUT2D eigenvalue weighted by Crippen LogP contribution is -2.55. The number of hydrogen-bond acceptors (Lipinski definition) is 5. The van der Waals surface area contributed by atoms with Crippen LogP contribution in [0.4, 0.5) is 0 Å². The number of rotatable bonds is 6. The van der Waals surface area contributed by atoms with Gasteiger partial charge in [-0.15, -0.1) is 0 Å². The number of amides is 1. The first-order valence-corrected chi connectivity index (χ1v) is 13.8. The van der Waals surface area contributed by atoms with E-state index in [1.54, 1.807) is 6.07 Å². The van der Waals surface area contributed by atoms with E-state index in [4.69, 9.17) is 4.42 Å². The summed E-state index contributed by atoms with van der Waals surface area (Å²) in [6.45, 7) is 1.25. The van der Waals surface area contributed by atoms with Crippen molar-refractivity contribution in [3.8, 4) is 0 Å². The fourth-order valence-corrected chi connectivity index (χ4v) is 8.66. The molecule has 1 amide bonds. The van der Waals surface area contributed by atoms with E-state index in [-0.39, 0.29) is 35.4 Å². The predicted octanol–water partition coefficient (Wildman–Crippen LogP) is 2.71. The van der Waals surface area contributed by atoms with Crippen LogP contribution in [-0.2, 0) is 21.4 Å². The van der Waals surface area contributed by atoms with Crippen LogP contribution in [0.1, 0.15) is 51.4 Å². The number of aryl methyl sites for hydroxylation is 1. The summed E-state index contributed by atoms with van der Waals surface area (Å²) >= 11 is 0. The lowest BCUT2D eigenvalue weighted by molar-refractivity contribution is -0.125. The first kappa shape index (κ1) is 21.4. The van der Waals surface area contributed by atoms with Gasteiger partial charge in [0.15, 0.2) is 5.58 Å². The zero-order chi connectivity index (χ0) is 22.7. The first-order chi connectivity index (χ1) is 15.9. The number of carbonyl (C=O) groups excluding carboxylic acids is 1. The van der Waals surface area contributed by atoms with Gasteiger partial charge in [-0.05, 0) is 80.8 Å². The smallest absolute Gasteiger partial charge is 0.408 e. The minimum absolute atomic E-state index is 0.0260. The molecule has 1 saturated heterocycles. The van der Waals surface area contributed by atoms with Gasteiger partial charge in [-0.2, -0.15) is 4.31 Å². The zero-order valence-corrected chi connectivity index (χ0v) is 19.6. The fourth-order valence-electron chi connectivity index (χ4n) is 7.13. The van der Waals surface area contributed by atoms with Crippen molar-refractivity contribution in [1.29, 1.82) is 0 Å². The molecule has 178 valence electrons. The molecule has 33 heavy (non-hydrogen) atoms. The van der Waals surface area contributed by atoms with Crippen LogP contribution >= 0.6 is 0 Å². The molecule has 1 aromatic carbocycles. The molecular weight excluding hydrogens is 442 g/mol. The maximum absolute atomic E-state index is 12.8. The Morgan fingerprint density at radius 1 is 1.03 bits per heavy atom. The lowest BCUT2D eigenvalue weighted by Gasteiger charge is -2.54. The van der Waals surface area contributed by atoms with Crippen LogP contribution in [0.3, 0.4) is 0 Å². The molecule has 2 aromatic rings. The molecule has 0 atom stereocenters. The maximum Gasteiger partial charge on any atom is 0.419 e. The number of aromatic nitrogens is 1. The van der Waals surface area contributed by atoms with Crippen LogP contribution in [0.5, 0.6) is 0 Å². The molecule has 7 rings (SSSR count). The number of nitrogens with zero attached hydrogens (tertiary/aromatic N) is 2. The minimum atomic E-state index is -3.59. The number of benzene rings is 1. The van der Waals surface area contributed by atoms with E-state index in [9.17, 15) is 18.0 Å². The highest BCUT2D eigenvalue weighted by molar-refractivity contribution is 7.89. The van der Waals surface area contributed by atoms with Gasteiger partial charge in [0.1, 0.15) is 0 Å². The van der Waals surface area contributed by atoms with Crippen LogP contribution in [0, 0.1) is 23.7 Å². The van der Waals surface area contributed by atoms with E-state index in [2.05, 4.69) is 5.32 Å². The maximum atomic E-state index is 12.8. The van der Waals surface area contributed by atoms with E-state index in [0.29, 0.717) is 30.4 Å². The van der Waals surface area contributed by atoms with Crippen LogP contribution in [0.25, 0.3) is 11.1 Å². The number of oxazole rings is 1. The second-order valence-electron chi connectivity index (χ2n) is 10.5. The lowest BCUT2D eigenvalue weighted by atomic mass is 9.54. The van der Waals surface area contributed by atoms with Crippen LogP contribution in [-0.4, -0.2) is 42.3 Å². The van der Waals surface area contributed by atoms with Gasteiger partial charge in [-0.3, -0.25) is 9.36 Å². The molecule has 1 aliphatic heterocycles. The Bertz CT molecular complexity index is 1210. The van der Waals surface area contributed by atoms with Gasteiger partial charge in [0.05, 0.1) is 10.4 Å². The molecule has 8 nitrogen and oxygen atoms in total. The highest BCUT2D eigenvalue weighted by Crippen LogP contribution is 2.53. The first-order valence-electron chi connectivity index (χ1n) is 12.3. The summed E-state index contributed by atoms with van der Waals surface area (Å²) in [5.41, 5.74) is 0.754. The predicted molar refractivity (Wildman–Crippen MR) is 122 cm³/mol. The topological polar surface area (TPSA) is 102 Å². The summed E-state index contributed by atoms with van der Waals surface area (Å²) in [6, 6.07) is 4.84. The van der Waals surface area contributed by atoms with Gasteiger partial charge in [-0.25, -0.2) is 13.2 Å². The van der Waals surface area contributed by atoms with Gasteiger partial charge >= 0.3 is 5.76 Å². The normalized spacial score (nSPS) is 31.5. The standard InChI is InChI=1S/C24H31N3O5S/c28-22(25-23-17-10-15-9-16(12-17)13-18(23)11-15)5-8-27-20-4-3-19(14-21(20)32-24(27)29)33(30,31)26-6-1-2-7-26/h3-4,14-18,23H,1-2,5-13H2,(H,25,28). The summed E-state index contributed by atoms with van der Waals surface area (Å²) in [6.07, 6.45) is 8.27. The minimum Gasteiger partial charge on any atom is -0.408 e. The molecule has 0 radical (unpaired) electrons. The highest BCUT2D eigenvalue weighted by atomic mass is 32.2. The van der Waals surface area contributed by atoms with Crippen molar-refractivity contribution in [2.45, 2.75) is 68.8 Å². The summed E-state index contributed by atoms with van der Waals surface area (Å²) < 4.78 is 33.9. The molecule has 4 saturated carbocycles. The highest BCUT2D eigenvalue weighted by Gasteiger charge is 2.48. The third-order valence-corrected chi connectivity index (χ3v) is 10.4. The molecule has 2 heterocycles. The summed E-state index contributed by atoms with van der Waals surface area (Å²) in [7, 11) is -3.59. The van der Waals surface area contributed by atoms with Crippen molar-refractivity contribution in [2.75, 3.05) is 13.1 Å². The SMILES string of the molecule is O=C(CCn1c(=O)oc2cc(S(=O)(=O)N3CCCC3)ccc21)NC1C2CC3CC(C2)CC1C3. The second-order valence-corrected chi connectivity index (χ2v) is 12.5. The van der Waals surface area contributed by atoms with Crippen LogP contribution < -0.4 is 11.1 Å². The van der Waals surface area contributed by atoms with E-state index in [1.807, 2.05) is 0 Å². The Morgan fingerprint density at radius 3 is 2.36 bits per heavy atom. The molecule has 5 fully saturated rings. The summed E-state index contributed by atoms with van der Waals surface area (Å²) in [4.78, 5) is 25.4. The third-order valence-electron chi connectivity index (χ3n) is 8.46. The van der Waals surface area contributed by atoms with Crippen molar-refractivity contribution >= 4 is 27.0 Å². The largest absolute Gasteiger partial charge is 0.419 e. The monoisotopic (exact) mass is 473 g/mol. The van der Waals surface area contributed by atoms with Crippen molar-refractivity contribution < 1.29 is 17.6 Å². The zero-order valence-electron chi connectivity index (χ0n) is 18.7. The molecule has 4 aliphatic carbocycles. The van der Waals surface area contributed by atoms with Crippen LogP contribution in [0.15, 0.2) is 32.3 Å². The summed E-state index contributed by atoms with van der Waals surface area (Å²) in [5.74, 6) is 2.34. The van der Waals surface area contributed by atoms with Crippen molar-refractivity contribution in [1.82, 2.24) is 14.2 Å². The van der Waals surface area contributed by atoms with Crippen molar-refractivity contribution in [3.63, 3.8) is 0 Å². The van der Waals surface area contributed by atoms with E-state index >= 15 is 0 Å². The quantitative estimate of drug-likeness (QED) is 0.695. The molecular formula is C24H31N3O5S. The number of hydrogen-bond donors (Lipinski definition) is 1. The molecule has 5 aliphatic rings. The Balaban J connectivity index is 1.15. The number of fused-ring (bicyclic) bond motifs is 1. The van der Waals surface area contributed by atoms with Crippen LogP contribution in [0.2, 0.25) is 0 Å². The average molecular weight is 474 g/mol. The van der Waals surface area contributed by atoms with Gasteiger partial charge < -0.3 is 9.73 Å². The molecule has 1 N–H and O–H groups in total. The van der Waals surface area contributed by atoms with Crippen molar-refractivity contribution in [2.24, 2.45) is 23.7 Å². The van der Waals surface area contributed by atoms with Gasteiger partial charge in [0.25, 0.3) is 0 Å². The molecule has 9 heteroatoms. The van der Waals surface area contributed by atoms with Gasteiger partial charge in [0, 0.05) is 38.2 Å². The Hall–Kier alpha value is -2.13. The Labute approximate surface area is 193 Å². The number of carbonyl (C=O) groups is 1. The second kappa shape index (κ2) is 7.98. The third kappa shape index (κ3) is 3.73. The molecule has 4 bridgehead atoms. The van der Waals surface area contributed by atoms with E-state index in [0.717, 1.165) is 24.7 Å². The molecule has 0 spiro atoms. The molecule has 0 unspecified atom stereocenters. The average Bonchev–Trinajstić information content (AvgIpc) is 3.42. The fraction of sp³-hybridized carbons (Fsp3) is 0.667. The Morgan fingerprint density at radius 2 is 1.70 bits per heavy atom. The van der Waals surface area contributed by atoms with Crippen molar-refractivity contribution in [3.05, 3.63) is 28.7 Å².